The summed E-state index contributed by atoms with van der Waals surface area (Å²) >= 11 is 0. The highest BCUT2D eigenvalue weighted by molar-refractivity contribution is 5.78. The van der Waals surface area contributed by atoms with Crippen molar-refractivity contribution >= 4 is 18.4 Å². The van der Waals surface area contributed by atoms with E-state index in [4.69, 9.17) is 4.74 Å². The van der Waals surface area contributed by atoms with Crippen molar-refractivity contribution in [1.82, 2.24) is 15.5 Å². The molecule has 1 aliphatic rings. The molecule has 1 rings (SSSR count). The van der Waals surface area contributed by atoms with Gasteiger partial charge in [0.25, 0.3) is 0 Å². The second-order valence-corrected chi connectivity index (χ2v) is 7.87. The van der Waals surface area contributed by atoms with Gasteiger partial charge in [0.05, 0.1) is 0 Å². The predicted molar refractivity (Wildman–Crippen MR) is 101 cm³/mol. The molecule has 7 nitrogen and oxygen atoms in total. The van der Waals surface area contributed by atoms with Crippen LogP contribution >= 0.6 is 0 Å². The van der Waals surface area contributed by atoms with E-state index >= 15 is 0 Å². The van der Waals surface area contributed by atoms with Gasteiger partial charge in [-0.3, -0.25) is 9.59 Å². The van der Waals surface area contributed by atoms with E-state index in [9.17, 15) is 14.4 Å². The average molecular weight is 370 g/mol. The van der Waals surface area contributed by atoms with E-state index in [0.29, 0.717) is 32.6 Å². The number of amides is 3. The third-order valence-corrected chi connectivity index (χ3v) is 4.38. The van der Waals surface area contributed by atoms with Gasteiger partial charge >= 0.3 is 6.09 Å². The molecule has 2 N–H and O–H groups in total. The monoisotopic (exact) mass is 369 g/mol. The lowest BCUT2D eigenvalue weighted by molar-refractivity contribution is -0.125. The molecule has 26 heavy (non-hydrogen) atoms. The Bertz CT molecular complexity index is 449. The standard InChI is InChI=1S/C19H35N3O4/c1-19(2,3)26-18(25)22-13-8-9-16(10-14-22)17(24)21-12-7-5-4-6-11-20-15-23/h15-16H,4-14H2,1-3H3,(H,20,23)(H,21,24). The summed E-state index contributed by atoms with van der Waals surface area (Å²) in [5.74, 6) is 0.0675. The predicted octanol–water partition coefficient (Wildman–Crippen LogP) is 2.45. The van der Waals surface area contributed by atoms with Crippen LogP contribution in [0.3, 0.4) is 0 Å². The first-order valence-electron chi connectivity index (χ1n) is 9.76. The minimum absolute atomic E-state index is 0.0285. The Morgan fingerprint density at radius 2 is 1.77 bits per heavy atom. The Kier molecular flexibility index (Phi) is 10.1. The van der Waals surface area contributed by atoms with Crippen molar-refractivity contribution in [1.29, 1.82) is 0 Å². The summed E-state index contributed by atoms with van der Waals surface area (Å²) in [7, 11) is 0. The average Bonchev–Trinajstić information content (AvgIpc) is 2.82. The van der Waals surface area contributed by atoms with E-state index in [1.165, 1.54) is 0 Å². The molecular formula is C19H35N3O4. The Hall–Kier alpha value is -1.79. The molecule has 0 aromatic carbocycles. The largest absolute Gasteiger partial charge is 0.444 e. The minimum Gasteiger partial charge on any atom is -0.444 e. The van der Waals surface area contributed by atoms with Gasteiger partial charge in [-0.1, -0.05) is 12.8 Å². The first-order chi connectivity index (χ1) is 12.3. The first kappa shape index (κ1) is 22.3. The summed E-state index contributed by atoms with van der Waals surface area (Å²) in [5, 5.41) is 5.66. The van der Waals surface area contributed by atoms with Gasteiger partial charge in [0.15, 0.2) is 0 Å². The molecule has 1 fully saturated rings. The van der Waals surface area contributed by atoms with Crippen LogP contribution in [0.2, 0.25) is 0 Å². The number of likely N-dealkylation sites (tertiary alicyclic amines) is 1. The van der Waals surface area contributed by atoms with E-state index in [-0.39, 0.29) is 17.9 Å². The van der Waals surface area contributed by atoms with Gasteiger partial charge in [-0.25, -0.2) is 4.79 Å². The SMILES string of the molecule is CC(C)(C)OC(=O)N1CCCC(C(=O)NCCCCCCNC=O)CC1. The van der Waals surface area contributed by atoms with Crippen molar-refractivity contribution in [2.24, 2.45) is 5.92 Å². The highest BCUT2D eigenvalue weighted by Crippen LogP contribution is 2.20. The molecule has 3 amide bonds. The maximum Gasteiger partial charge on any atom is 0.410 e. The molecule has 150 valence electrons. The lowest BCUT2D eigenvalue weighted by atomic mass is 10.00. The summed E-state index contributed by atoms with van der Waals surface area (Å²) in [6.07, 6.45) is 6.74. The molecule has 0 bridgehead atoms. The number of carbonyl (C=O) groups is 3. The molecule has 1 unspecified atom stereocenters. The van der Waals surface area contributed by atoms with Gasteiger partial charge in [-0.15, -0.1) is 0 Å². The molecule has 0 spiro atoms. The lowest BCUT2D eigenvalue weighted by Gasteiger charge is -2.26. The van der Waals surface area contributed by atoms with E-state index < -0.39 is 5.60 Å². The summed E-state index contributed by atoms with van der Waals surface area (Å²) in [4.78, 5) is 36.3. The molecule has 1 aliphatic heterocycles. The van der Waals surface area contributed by atoms with Crippen LogP contribution in [0.25, 0.3) is 0 Å². The topological polar surface area (TPSA) is 87.7 Å². The van der Waals surface area contributed by atoms with Crippen LogP contribution in [0, 0.1) is 5.92 Å². The maximum atomic E-state index is 12.3. The van der Waals surface area contributed by atoms with Crippen LogP contribution in [-0.2, 0) is 14.3 Å². The Labute approximate surface area is 157 Å². The number of rotatable bonds is 9. The molecule has 0 aromatic heterocycles. The number of hydrogen-bond acceptors (Lipinski definition) is 4. The molecule has 1 saturated heterocycles. The van der Waals surface area contributed by atoms with Gasteiger partial charge < -0.3 is 20.3 Å². The number of carbonyl (C=O) groups excluding carboxylic acids is 3. The fourth-order valence-electron chi connectivity index (χ4n) is 2.99. The highest BCUT2D eigenvalue weighted by Gasteiger charge is 2.27. The zero-order valence-electron chi connectivity index (χ0n) is 16.5. The van der Waals surface area contributed by atoms with Crippen LogP contribution in [-0.4, -0.2) is 55.1 Å². The molecule has 7 heteroatoms. The van der Waals surface area contributed by atoms with Crippen molar-refractivity contribution in [2.45, 2.75) is 71.3 Å². The first-order valence-corrected chi connectivity index (χ1v) is 9.76. The number of unbranched alkanes of at least 4 members (excludes halogenated alkanes) is 3. The van der Waals surface area contributed by atoms with Gasteiger partial charge in [0.2, 0.25) is 12.3 Å². The number of ether oxygens (including phenoxy) is 1. The van der Waals surface area contributed by atoms with E-state index in [2.05, 4.69) is 10.6 Å². The Morgan fingerprint density at radius 1 is 1.08 bits per heavy atom. The fraction of sp³-hybridized carbons (Fsp3) is 0.842. The molecule has 1 atom stereocenters. The van der Waals surface area contributed by atoms with Crippen molar-refractivity contribution in [3.63, 3.8) is 0 Å². The van der Waals surface area contributed by atoms with Crippen molar-refractivity contribution in [3.8, 4) is 0 Å². The zero-order valence-corrected chi connectivity index (χ0v) is 16.5. The third-order valence-electron chi connectivity index (χ3n) is 4.38. The van der Waals surface area contributed by atoms with Gasteiger partial charge in [-0.05, 0) is 52.9 Å². The maximum absolute atomic E-state index is 12.3. The van der Waals surface area contributed by atoms with Crippen LogP contribution in [0.1, 0.15) is 65.7 Å². The van der Waals surface area contributed by atoms with Crippen LogP contribution in [0.4, 0.5) is 4.79 Å². The highest BCUT2D eigenvalue weighted by atomic mass is 16.6. The van der Waals surface area contributed by atoms with Gasteiger partial charge in [-0.2, -0.15) is 0 Å². The van der Waals surface area contributed by atoms with Gasteiger partial charge in [0.1, 0.15) is 5.60 Å². The molecule has 0 radical (unpaired) electrons. The van der Waals surface area contributed by atoms with E-state index in [1.807, 2.05) is 20.8 Å². The molecular weight excluding hydrogens is 334 g/mol. The van der Waals surface area contributed by atoms with E-state index in [0.717, 1.165) is 44.9 Å². The summed E-state index contributed by atoms with van der Waals surface area (Å²) in [6, 6.07) is 0. The van der Waals surface area contributed by atoms with Crippen LogP contribution in [0.5, 0.6) is 0 Å². The van der Waals surface area contributed by atoms with Crippen LogP contribution < -0.4 is 10.6 Å². The summed E-state index contributed by atoms with van der Waals surface area (Å²) < 4.78 is 5.42. The Balaban J connectivity index is 2.21. The number of nitrogens with zero attached hydrogens (tertiary/aromatic N) is 1. The Morgan fingerprint density at radius 3 is 2.42 bits per heavy atom. The third kappa shape index (κ3) is 9.63. The van der Waals surface area contributed by atoms with E-state index in [1.54, 1.807) is 4.90 Å². The smallest absolute Gasteiger partial charge is 0.410 e. The van der Waals surface area contributed by atoms with Gasteiger partial charge in [0, 0.05) is 32.1 Å². The van der Waals surface area contributed by atoms with Crippen LogP contribution in [0.15, 0.2) is 0 Å². The second-order valence-electron chi connectivity index (χ2n) is 7.87. The summed E-state index contributed by atoms with van der Waals surface area (Å²) in [5.41, 5.74) is -0.497. The number of nitrogens with one attached hydrogen (secondary N) is 2. The second kappa shape index (κ2) is 11.8. The molecule has 0 aliphatic carbocycles. The minimum atomic E-state index is -0.497. The summed E-state index contributed by atoms with van der Waals surface area (Å²) in [6.45, 7) is 8.19. The van der Waals surface area contributed by atoms with Crippen molar-refractivity contribution < 1.29 is 19.1 Å². The quantitative estimate of drug-likeness (QED) is 0.483. The normalized spacial score (nSPS) is 18.0. The molecule has 0 aromatic rings. The molecule has 1 heterocycles. The lowest BCUT2D eigenvalue weighted by Crippen LogP contribution is -2.38. The van der Waals surface area contributed by atoms with Crippen molar-refractivity contribution in [3.05, 3.63) is 0 Å². The van der Waals surface area contributed by atoms with Crippen molar-refractivity contribution in [2.75, 3.05) is 26.2 Å². The zero-order chi connectivity index (χ0) is 19.4. The number of hydrogen-bond donors (Lipinski definition) is 2. The molecule has 0 saturated carbocycles. The fourth-order valence-corrected chi connectivity index (χ4v) is 2.99.